The smallest absolute Gasteiger partial charge is 0.265 e. The molecule has 10 heteroatoms. The van der Waals surface area contributed by atoms with Crippen LogP contribution >= 0.6 is 23.4 Å². The van der Waals surface area contributed by atoms with Crippen molar-refractivity contribution in [1.82, 2.24) is 19.3 Å². The highest BCUT2D eigenvalue weighted by atomic mass is 35.5. The van der Waals surface area contributed by atoms with Gasteiger partial charge in [0.05, 0.1) is 29.2 Å². The highest BCUT2D eigenvalue weighted by Gasteiger charge is 2.29. The highest BCUT2D eigenvalue weighted by Crippen LogP contribution is 2.34. The number of carbonyl (C=O) groups excluding carboxylic acids is 1. The SMILES string of the molecule is Cc1ccc(-n2ncc3c(=O)n4c(nc32)SCC4CC(=O)Nc2cc(Cl)ccc2C#N)cc1. The predicted octanol–water partition coefficient (Wildman–Crippen LogP) is 4.09. The molecule has 1 N–H and O–H groups in total. The van der Waals surface area contributed by atoms with E-state index < -0.39 is 0 Å². The number of carbonyl (C=O) groups is 1. The van der Waals surface area contributed by atoms with Gasteiger partial charge in [-0.3, -0.25) is 14.2 Å². The summed E-state index contributed by atoms with van der Waals surface area (Å²) < 4.78 is 3.22. The first-order chi connectivity index (χ1) is 15.9. The summed E-state index contributed by atoms with van der Waals surface area (Å²) in [6, 6.07) is 14.2. The van der Waals surface area contributed by atoms with Crippen LogP contribution in [0, 0.1) is 18.3 Å². The van der Waals surface area contributed by atoms with E-state index in [-0.39, 0.29) is 23.9 Å². The van der Waals surface area contributed by atoms with E-state index in [1.165, 1.54) is 24.0 Å². The van der Waals surface area contributed by atoms with Crippen LogP contribution in [0.25, 0.3) is 16.7 Å². The second kappa shape index (κ2) is 8.39. The van der Waals surface area contributed by atoms with Crippen LogP contribution in [0.5, 0.6) is 0 Å². The van der Waals surface area contributed by atoms with Gasteiger partial charge in [-0.15, -0.1) is 0 Å². The number of aromatic nitrogens is 4. The normalized spacial score (nSPS) is 14.8. The molecule has 0 radical (unpaired) electrons. The third kappa shape index (κ3) is 3.88. The summed E-state index contributed by atoms with van der Waals surface area (Å²) in [4.78, 5) is 30.7. The van der Waals surface area contributed by atoms with Gasteiger partial charge in [0.1, 0.15) is 11.5 Å². The van der Waals surface area contributed by atoms with Crippen LogP contribution in [-0.4, -0.2) is 31.0 Å². The Labute approximate surface area is 197 Å². The third-order valence-corrected chi connectivity index (χ3v) is 6.78. The number of halogens is 1. The number of thioether (sulfide) groups is 1. The van der Waals surface area contributed by atoms with Crippen molar-refractivity contribution in [2.75, 3.05) is 11.1 Å². The lowest BCUT2D eigenvalue weighted by Crippen LogP contribution is -2.27. The van der Waals surface area contributed by atoms with E-state index in [4.69, 9.17) is 16.6 Å². The maximum absolute atomic E-state index is 13.3. The Balaban J connectivity index is 1.44. The molecular formula is C23H17ClN6O2S. The first-order valence-corrected chi connectivity index (χ1v) is 11.5. The Morgan fingerprint density at radius 1 is 1.30 bits per heavy atom. The molecule has 3 heterocycles. The van der Waals surface area contributed by atoms with Gasteiger partial charge in [0.2, 0.25) is 5.91 Å². The monoisotopic (exact) mass is 476 g/mol. The number of fused-ring (bicyclic) bond motifs is 2. The van der Waals surface area contributed by atoms with Crippen molar-refractivity contribution >= 4 is 46.0 Å². The lowest BCUT2D eigenvalue weighted by molar-refractivity contribution is -0.116. The number of nitrogens with one attached hydrogen (secondary N) is 1. The van der Waals surface area contributed by atoms with Gasteiger partial charge in [-0.2, -0.15) is 10.4 Å². The number of nitrogens with zero attached hydrogens (tertiary/aromatic N) is 5. The standard InChI is InChI=1S/C23H17ClN6O2S/c1-13-2-6-16(7-3-13)30-21-18(11-26-30)22(32)29-17(12-33-23(29)28-21)9-20(31)27-19-8-15(24)5-4-14(19)10-25/h2-8,11,17H,9,12H2,1H3,(H,27,31). The minimum atomic E-state index is -0.359. The Bertz CT molecular complexity index is 1500. The molecule has 5 rings (SSSR count). The molecule has 1 atom stereocenters. The van der Waals surface area contributed by atoms with Crippen molar-refractivity contribution in [3.63, 3.8) is 0 Å². The van der Waals surface area contributed by atoms with Gasteiger partial charge in [-0.05, 0) is 37.3 Å². The van der Waals surface area contributed by atoms with E-state index in [1.807, 2.05) is 37.3 Å². The highest BCUT2D eigenvalue weighted by molar-refractivity contribution is 7.99. The van der Waals surface area contributed by atoms with Crippen LogP contribution in [0.2, 0.25) is 5.02 Å². The van der Waals surface area contributed by atoms with Crippen molar-refractivity contribution in [3.05, 3.63) is 75.2 Å². The van der Waals surface area contributed by atoms with E-state index in [1.54, 1.807) is 21.4 Å². The lowest BCUT2D eigenvalue weighted by atomic mass is 10.1. The Kier molecular flexibility index (Phi) is 5.40. The van der Waals surface area contributed by atoms with Crippen LogP contribution < -0.4 is 10.9 Å². The predicted molar refractivity (Wildman–Crippen MR) is 127 cm³/mol. The number of anilines is 1. The molecule has 0 aliphatic carbocycles. The quantitative estimate of drug-likeness (QED) is 0.445. The van der Waals surface area contributed by atoms with Crippen molar-refractivity contribution in [2.45, 2.75) is 24.5 Å². The van der Waals surface area contributed by atoms with Crippen LogP contribution in [0.4, 0.5) is 5.69 Å². The van der Waals surface area contributed by atoms with Crippen LogP contribution in [0.1, 0.15) is 23.6 Å². The van der Waals surface area contributed by atoms with Crippen molar-refractivity contribution in [2.24, 2.45) is 0 Å². The number of benzene rings is 2. The summed E-state index contributed by atoms with van der Waals surface area (Å²) in [7, 11) is 0. The molecule has 0 bridgehead atoms. The van der Waals surface area contributed by atoms with Crippen molar-refractivity contribution in [3.8, 4) is 11.8 Å². The lowest BCUT2D eigenvalue weighted by Gasteiger charge is -2.14. The van der Waals surface area contributed by atoms with E-state index in [2.05, 4.69) is 10.4 Å². The molecular weight excluding hydrogens is 460 g/mol. The van der Waals surface area contributed by atoms with Crippen molar-refractivity contribution in [1.29, 1.82) is 5.26 Å². The van der Waals surface area contributed by atoms with Crippen molar-refractivity contribution < 1.29 is 4.79 Å². The number of rotatable bonds is 4. The van der Waals surface area contributed by atoms with Crippen LogP contribution in [-0.2, 0) is 4.79 Å². The minimum Gasteiger partial charge on any atom is -0.325 e. The molecule has 0 saturated carbocycles. The third-order valence-electron chi connectivity index (χ3n) is 5.45. The molecule has 0 spiro atoms. The molecule has 1 amide bonds. The van der Waals surface area contributed by atoms with E-state index >= 15 is 0 Å². The fraction of sp³-hybridized carbons (Fsp3) is 0.174. The van der Waals surface area contributed by atoms with Gasteiger partial charge in [-0.1, -0.05) is 41.1 Å². The summed E-state index contributed by atoms with van der Waals surface area (Å²) >= 11 is 7.43. The first-order valence-electron chi connectivity index (χ1n) is 10.1. The average Bonchev–Trinajstić information content (AvgIpc) is 3.39. The van der Waals surface area contributed by atoms with Gasteiger partial charge >= 0.3 is 0 Å². The number of hydrogen-bond donors (Lipinski definition) is 1. The molecule has 1 aliphatic rings. The molecule has 2 aromatic carbocycles. The molecule has 1 aliphatic heterocycles. The number of aryl methyl sites for hydroxylation is 1. The summed E-state index contributed by atoms with van der Waals surface area (Å²) in [6.07, 6.45) is 1.58. The molecule has 0 saturated heterocycles. The van der Waals surface area contributed by atoms with E-state index in [0.717, 1.165) is 11.3 Å². The first kappa shape index (κ1) is 21.2. The maximum Gasteiger partial charge on any atom is 0.265 e. The zero-order valence-electron chi connectivity index (χ0n) is 17.4. The molecule has 1 unspecified atom stereocenters. The Morgan fingerprint density at radius 3 is 2.85 bits per heavy atom. The molecule has 2 aromatic heterocycles. The number of hydrogen-bond acceptors (Lipinski definition) is 6. The molecule has 4 aromatic rings. The second-order valence-corrected chi connectivity index (χ2v) is 9.14. The van der Waals surface area contributed by atoms with Gasteiger partial charge in [0, 0.05) is 17.2 Å². The van der Waals surface area contributed by atoms with Gasteiger partial charge in [0.25, 0.3) is 5.56 Å². The summed E-state index contributed by atoms with van der Waals surface area (Å²) in [5.41, 5.74) is 2.88. The molecule has 164 valence electrons. The molecule has 8 nitrogen and oxygen atoms in total. The Hall–Kier alpha value is -3.61. The van der Waals surface area contributed by atoms with Gasteiger partial charge in [-0.25, -0.2) is 9.67 Å². The average molecular weight is 477 g/mol. The number of nitriles is 1. The van der Waals surface area contributed by atoms with Gasteiger partial charge < -0.3 is 5.32 Å². The fourth-order valence-corrected chi connectivity index (χ4v) is 5.09. The molecule has 33 heavy (non-hydrogen) atoms. The maximum atomic E-state index is 13.3. The summed E-state index contributed by atoms with van der Waals surface area (Å²) in [5.74, 6) is 0.232. The minimum absolute atomic E-state index is 0.0660. The van der Waals surface area contributed by atoms with Crippen LogP contribution in [0.15, 0.2) is 58.6 Å². The topological polar surface area (TPSA) is 106 Å². The largest absolute Gasteiger partial charge is 0.325 e. The zero-order chi connectivity index (χ0) is 23.1. The summed E-state index contributed by atoms with van der Waals surface area (Å²) in [6.45, 7) is 2.00. The number of amides is 1. The van der Waals surface area contributed by atoms with E-state index in [0.29, 0.717) is 38.2 Å². The molecule has 0 fully saturated rings. The second-order valence-electron chi connectivity index (χ2n) is 7.72. The van der Waals surface area contributed by atoms with E-state index in [9.17, 15) is 14.9 Å². The fourth-order valence-electron chi connectivity index (χ4n) is 3.79. The zero-order valence-corrected chi connectivity index (χ0v) is 19.0. The Morgan fingerprint density at radius 2 is 2.09 bits per heavy atom. The summed E-state index contributed by atoms with van der Waals surface area (Å²) in [5, 5.41) is 17.7. The van der Waals surface area contributed by atoms with Gasteiger partial charge in [0.15, 0.2) is 10.8 Å². The van der Waals surface area contributed by atoms with Crippen LogP contribution in [0.3, 0.4) is 0 Å².